The second-order valence-corrected chi connectivity index (χ2v) is 4.85. The smallest absolute Gasteiger partial charge is 0.107 e. The van der Waals surface area contributed by atoms with Crippen LogP contribution in [0, 0.1) is 13.8 Å². The van der Waals surface area contributed by atoms with E-state index in [1.165, 1.54) is 5.56 Å². The lowest BCUT2D eigenvalue weighted by atomic mass is 10.1. The maximum atomic E-state index is 5.78. The van der Waals surface area contributed by atoms with Crippen LogP contribution in [0.5, 0.6) is 0 Å². The van der Waals surface area contributed by atoms with Crippen molar-refractivity contribution < 1.29 is 0 Å². The Morgan fingerprint density at radius 3 is 2.76 bits per heavy atom. The van der Waals surface area contributed by atoms with E-state index in [2.05, 4.69) is 23.0 Å². The summed E-state index contributed by atoms with van der Waals surface area (Å²) in [5.74, 6) is 0. The van der Waals surface area contributed by atoms with Crippen molar-refractivity contribution in [3.05, 3.63) is 47.3 Å². The van der Waals surface area contributed by atoms with Crippen LogP contribution in [0.15, 0.2) is 40.5 Å². The molecular formula is C13H15N3S. The third kappa shape index (κ3) is 2.84. The summed E-state index contributed by atoms with van der Waals surface area (Å²) in [5, 5.41) is 1.91. The van der Waals surface area contributed by atoms with E-state index in [4.69, 9.17) is 5.73 Å². The number of nitrogens with zero attached hydrogens (tertiary/aromatic N) is 2. The minimum atomic E-state index is 0.508. The number of aryl methyl sites for hydroxylation is 2. The van der Waals surface area contributed by atoms with Crippen molar-refractivity contribution in [2.75, 3.05) is 0 Å². The molecule has 0 aliphatic carbocycles. The van der Waals surface area contributed by atoms with E-state index in [0.29, 0.717) is 6.54 Å². The highest BCUT2D eigenvalue weighted by Gasteiger charge is 2.09. The van der Waals surface area contributed by atoms with Crippen molar-refractivity contribution in [3.8, 4) is 0 Å². The lowest BCUT2D eigenvalue weighted by Gasteiger charge is -2.10. The lowest BCUT2D eigenvalue weighted by Crippen LogP contribution is -2.04. The Labute approximate surface area is 105 Å². The molecule has 0 atom stereocenters. The quantitative estimate of drug-likeness (QED) is 0.903. The van der Waals surface area contributed by atoms with Gasteiger partial charge in [0.2, 0.25) is 0 Å². The van der Waals surface area contributed by atoms with Gasteiger partial charge in [0, 0.05) is 24.0 Å². The maximum Gasteiger partial charge on any atom is 0.107 e. The SMILES string of the molecule is Cc1cc(C)c(CN)c(Sc2ccccn2)n1. The fraction of sp³-hybridized carbons (Fsp3) is 0.231. The molecule has 0 aliphatic heterocycles. The van der Waals surface area contributed by atoms with E-state index in [1.54, 1.807) is 18.0 Å². The first kappa shape index (κ1) is 12.1. The Kier molecular flexibility index (Phi) is 3.76. The van der Waals surface area contributed by atoms with Crippen molar-refractivity contribution in [2.24, 2.45) is 5.73 Å². The van der Waals surface area contributed by atoms with E-state index < -0.39 is 0 Å². The number of hydrogen-bond donors (Lipinski definition) is 1. The molecule has 2 heterocycles. The fourth-order valence-corrected chi connectivity index (χ4v) is 2.68. The number of aromatic nitrogens is 2. The van der Waals surface area contributed by atoms with E-state index in [1.807, 2.05) is 25.1 Å². The second-order valence-electron chi connectivity index (χ2n) is 3.84. The van der Waals surface area contributed by atoms with Crippen LogP contribution in [0.4, 0.5) is 0 Å². The van der Waals surface area contributed by atoms with Crippen molar-refractivity contribution >= 4 is 11.8 Å². The van der Waals surface area contributed by atoms with Gasteiger partial charge in [-0.1, -0.05) is 6.07 Å². The molecule has 0 aliphatic rings. The van der Waals surface area contributed by atoms with Crippen LogP contribution >= 0.6 is 11.8 Å². The molecule has 0 spiro atoms. The van der Waals surface area contributed by atoms with Crippen LogP contribution in [0.3, 0.4) is 0 Å². The van der Waals surface area contributed by atoms with E-state index in [0.717, 1.165) is 21.3 Å². The van der Waals surface area contributed by atoms with Gasteiger partial charge in [0.25, 0.3) is 0 Å². The van der Waals surface area contributed by atoms with Gasteiger partial charge < -0.3 is 5.73 Å². The summed E-state index contributed by atoms with van der Waals surface area (Å²) in [6.45, 7) is 4.57. The first-order valence-electron chi connectivity index (χ1n) is 5.47. The zero-order chi connectivity index (χ0) is 12.3. The zero-order valence-electron chi connectivity index (χ0n) is 9.97. The van der Waals surface area contributed by atoms with Gasteiger partial charge in [0.15, 0.2) is 0 Å². The lowest BCUT2D eigenvalue weighted by molar-refractivity contribution is 0.919. The number of rotatable bonds is 3. The van der Waals surface area contributed by atoms with Gasteiger partial charge in [-0.3, -0.25) is 0 Å². The molecular weight excluding hydrogens is 230 g/mol. The molecule has 0 fully saturated rings. The topological polar surface area (TPSA) is 51.8 Å². The predicted molar refractivity (Wildman–Crippen MR) is 70.0 cm³/mol. The molecule has 0 radical (unpaired) electrons. The number of nitrogens with two attached hydrogens (primary N) is 1. The van der Waals surface area contributed by atoms with Crippen LogP contribution in [0.2, 0.25) is 0 Å². The molecule has 17 heavy (non-hydrogen) atoms. The molecule has 2 N–H and O–H groups in total. The fourth-order valence-electron chi connectivity index (χ4n) is 1.67. The van der Waals surface area contributed by atoms with Crippen molar-refractivity contribution in [1.82, 2.24) is 9.97 Å². The first-order chi connectivity index (χ1) is 8.20. The van der Waals surface area contributed by atoms with E-state index in [9.17, 15) is 0 Å². The molecule has 2 aromatic heterocycles. The van der Waals surface area contributed by atoms with E-state index in [-0.39, 0.29) is 0 Å². The molecule has 4 heteroatoms. The molecule has 0 unspecified atom stereocenters. The van der Waals surface area contributed by atoms with Gasteiger partial charge >= 0.3 is 0 Å². The normalized spacial score (nSPS) is 10.5. The Morgan fingerprint density at radius 1 is 1.29 bits per heavy atom. The highest BCUT2D eigenvalue weighted by Crippen LogP contribution is 2.29. The van der Waals surface area contributed by atoms with Crippen molar-refractivity contribution in [2.45, 2.75) is 30.4 Å². The Hall–Kier alpha value is -1.39. The first-order valence-corrected chi connectivity index (χ1v) is 6.28. The summed E-state index contributed by atoms with van der Waals surface area (Å²) in [7, 11) is 0. The highest BCUT2D eigenvalue weighted by molar-refractivity contribution is 7.99. The number of pyridine rings is 2. The summed E-state index contributed by atoms with van der Waals surface area (Å²) in [6.07, 6.45) is 1.78. The van der Waals surface area contributed by atoms with Crippen LogP contribution in [-0.4, -0.2) is 9.97 Å². The largest absolute Gasteiger partial charge is 0.326 e. The van der Waals surface area contributed by atoms with Gasteiger partial charge in [0.05, 0.1) is 0 Å². The average molecular weight is 245 g/mol. The minimum absolute atomic E-state index is 0.508. The molecule has 3 nitrogen and oxygen atoms in total. The van der Waals surface area contributed by atoms with Crippen LogP contribution in [0.1, 0.15) is 16.8 Å². The number of hydrogen-bond acceptors (Lipinski definition) is 4. The van der Waals surface area contributed by atoms with Gasteiger partial charge in [-0.15, -0.1) is 0 Å². The Bertz CT molecular complexity index is 512. The molecule has 2 aromatic rings. The molecule has 0 bridgehead atoms. The minimum Gasteiger partial charge on any atom is -0.326 e. The second kappa shape index (κ2) is 5.29. The van der Waals surface area contributed by atoms with Gasteiger partial charge in [-0.05, 0) is 49.4 Å². The van der Waals surface area contributed by atoms with Crippen molar-refractivity contribution in [3.63, 3.8) is 0 Å². The highest BCUT2D eigenvalue weighted by atomic mass is 32.2. The summed E-state index contributed by atoms with van der Waals surface area (Å²) in [5.41, 5.74) is 9.09. The molecule has 0 aromatic carbocycles. The van der Waals surface area contributed by atoms with Crippen LogP contribution < -0.4 is 5.73 Å². The summed E-state index contributed by atoms with van der Waals surface area (Å²) in [6, 6.07) is 7.91. The standard InChI is InChI=1S/C13H15N3S/c1-9-7-10(2)16-13(11(9)8-14)17-12-5-3-4-6-15-12/h3-7H,8,14H2,1-2H3. The van der Waals surface area contributed by atoms with Crippen LogP contribution in [-0.2, 0) is 6.54 Å². The van der Waals surface area contributed by atoms with Crippen molar-refractivity contribution in [1.29, 1.82) is 0 Å². The molecule has 0 saturated carbocycles. The van der Waals surface area contributed by atoms with Crippen LogP contribution in [0.25, 0.3) is 0 Å². The molecule has 0 saturated heterocycles. The molecule has 0 amide bonds. The molecule has 88 valence electrons. The molecule has 2 rings (SSSR count). The Balaban J connectivity index is 2.38. The zero-order valence-corrected chi connectivity index (χ0v) is 10.8. The summed E-state index contributed by atoms with van der Waals surface area (Å²) >= 11 is 1.56. The summed E-state index contributed by atoms with van der Waals surface area (Å²) in [4.78, 5) is 8.83. The van der Waals surface area contributed by atoms with Gasteiger partial charge in [-0.25, -0.2) is 9.97 Å². The van der Waals surface area contributed by atoms with Gasteiger partial charge in [-0.2, -0.15) is 0 Å². The third-order valence-electron chi connectivity index (χ3n) is 2.48. The summed E-state index contributed by atoms with van der Waals surface area (Å²) < 4.78 is 0. The monoisotopic (exact) mass is 245 g/mol. The maximum absolute atomic E-state index is 5.78. The third-order valence-corrected chi connectivity index (χ3v) is 3.46. The van der Waals surface area contributed by atoms with Gasteiger partial charge in [0.1, 0.15) is 10.1 Å². The average Bonchev–Trinajstić information content (AvgIpc) is 2.30. The van der Waals surface area contributed by atoms with E-state index >= 15 is 0 Å². The Morgan fingerprint density at radius 2 is 2.12 bits per heavy atom. The predicted octanol–water partition coefficient (Wildman–Crippen LogP) is 2.70.